The Bertz CT molecular complexity index is 1810. The van der Waals surface area contributed by atoms with Gasteiger partial charge in [-0.1, -0.05) is 31.2 Å². The second-order valence-corrected chi connectivity index (χ2v) is 12.5. The van der Waals surface area contributed by atoms with Crippen LogP contribution in [0.2, 0.25) is 0 Å². The van der Waals surface area contributed by atoms with Crippen molar-refractivity contribution in [1.82, 2.24) is 34.1 Å². The van der Waals surface area contributed by atoms with E-state index in [4.69, 9.17) is 30.8 Å². The van der Waals surface area contributed by atoms with Gasteiger partial charge in [-0.05, 0) is 68.6 Å². The number of benzene rings is 2. The molecule has 0 unspecified atom stereocenters. The van der Waals surface area contributed by atoms with Crippen LogP contribution in [0.5, 0.6) is 5.75 Å². The van der Waals surface area contributed by atoms with Crippen molar-refractivity contribution in [3.8, 4) is 5.75 Å². The lowest BCUT2D eigenvalue weighted by Gasteiger charge is -2.33. The number of carbonyl (C=O) groups excluding carboxylic acids is 3. The van der Waals surface area contributed by atoms with Crippen molar-refractivity contribution in [3.05, 3.63) is 71.3 Å². The predicted molar refractivity (Wildman–Crippen MR) is 202 cm³/mol. The lowest BCUT2D eigenvalue weighted by molar-refractivity contribution is -0.0980. The van der Waals surface area contributed by atoms with Gasteiger partial charge in [-0.3, -0.25) is 9.69 Å². The zero-order valence-electron chi connectivity index (χ0n) is 30.9. The molecule has 1 saturated heterocycles. The first kappa shape index (κ1) is 40.3. The molecule has 6 rings (SSSR count). The molecule has 0 spiro atoms. The Kier molecular flexibility index (Phi) is 15.2. The van der Waals surface area contributed by atoms with E-state index in [9.17, 15) is 9.59 Å². The van der Waals surface area contributed by atoms with Crippen molar-refractivity contribution in [1.29, 1.82) is 0 Å². The zero-order chi connectivity index (χ0) is 38.3. The Labute approximate surface area is 309 Å². The van der Waals surface area contributed by atoms with E-state index in [0.29, 0.717) is 67.2 Å². The van der Waals surface area contributed by atoms with Gasteiger partial charge in [0.05, 0.1) is 18.7 Å². The number of allylic oxidation sites excluding steroid dienone is 2. The molecular weight excluding hydrogens is 680 g/mol. The molecule has 286 valence electrons. The highest BCUT2D eigenvalue weighted by molar-refractivity contribution is 5.98. The van der Waals surface area contributed by atoms with Crippen molar-refractivity contribution >= 4 is 41.5 Å². The maximum Gasteiger partial charge on any atom is 0.410 e. The number of aliphatic hydroxyl groups excluding tert-OH is 1. The van der Waals surface area contributed by atoms with Gasteiger partial charge in [-0.15, -0.1) is 10.2 Å². The summed E-state index contributed by atoms with van der Waals surface area (Å²) in [5, 5.41) is 19.2. The third kappa shape index (κ3) is 10.1. The molecule has 16 nitrogen and oxygen atoms in total. The SMILES string of the molecule is C=O.CC/C=C/Cn1c(NC)nc2cc(C(N)=O)cc(OCCCN3CCC(c4nnc5n4CCN(C(=O)OCc4ccc(N)cc4)C5)CC3)c21.CO. The molecule has 2 aromatic carbocycles. The van der Waals surface area contributed by atoms with Gasteiger partial charge < -0.3 is 50.2 Å². The summed E-state index contributed by atoms with van der Waals surface area (Å²) < 4.78 is 16.1. The number of aromatic nitrogens is 5. The molecule has 6 N–H and O–H groups in total. The molecule has 16 heteroatoms. The molecule has 0 saturated carbocycles. The van der Waals surface area contributed by atoms with Crippen molar-refractivity contribution in [2.24, 2.45) is 5.73 Å². The number of rotatable bonds is 13. The summed E-state index contributed by atoms with van der Waals surface area (Å²) in [5.41, 5.74) is 14.8. The van der Waals surface area contributed by atoms with Crippen molar-refractivity contribution < 1.29 is 29.0 Å². The Hall–Kier alpha value is -5.48. The number of nitrogens with zero attached hydrogens (tertiary/aromatic N) is 7. The highest BCUT2D eigenvalue weighted by Crippen LogP contribution is 2.32. The van der Waals surface area contributed by atoms with E-state index >= 15 is 0 Å². The van der Waals surface area contributed by atoms with E-state index in [1.165, 1.54) is 0 Å². The van der Waals surface area contributed by atoms with Gasteiger partial charge in [0, 0.05) is 57.5 Å². The fourth-order valence-corrected chi connectivity index (χ4v) is 6.57. The van der Waals surface area contributed by atoms with Crippen molar-refractivity contribution in [2.45, 2.75) is 64.8 Å². The maximum atomic E-state index is 12.7. The number of ether oxygens (including phenoxy) is 2. The van der Waals surface area contributed by atoms with Gasteiger partial charge >= 0.3 is 6.09 Å². The molecule has 0 radical (unpaired) electrons. The number of likely N-dealkylation sites (tertiary alicyclic amines) is 1. The summed E-state index contributed by atoms with van der Waals surface area (Å²) >= 11 is 0. The van der Waals surface area contributed by atoms with Crippen LogP contribution in [0.15, 0.2) is 48.6 Å². The number of imidazole rings is 1. The number of aliphatic hydroxyl groups is 1. The van der Waals surface area contributed by atoms with Crippen LogP contribution in [0.25, 0.3) is 11.0 Å². The van der Waals surface area contributed by atoms with Gasteiger partial charge in [-0.25, -0.2) is 9.78 Å². The Morgan fingerprint density at radius 2 is 1.79 bits per heavy atom. The fraction of sp³-hybridized carbons (Fsp3) is 0.459. The summed E-state index contributed by atoms with van der Waals surface area (Å²) in [5.74, 6) is 2.92. The number of hydrogen-bond donors (Lipinski definition) is 4. The third-order valence-corrected chi connectivity index (χ3v) is 9.22. The number of piperidine rings is 1. The maximum absolute atomic E-state index is 12.7. The Morgan fingerprint density at radius 1 is 1.06 bits per heavy atom. The molecule has 1 fully saturated rings. The summed E-state index contributed by atoms with van der Waals surface area (Å²) in [4.78, 5) is 41.6. The van der Waals surface area contributed by atoms with Crippen LogP contribution in [0.3, 0.4) is 0 Å². The highest BCUT2D eigenvalue weighted by atomic mass is 16.6. The average Bonchev–Trinajstić information content (AvgIpc) is 3.79. The van der Waals surface area contributed by atoms with Crippen LogP contribution >= 0.6 is 0 Å². The van der Waals surface area contributed by atoms with E-state index in [0.717, 1.165) is 75.2 Å². The first-order valence-electron chi connectivity index (χ1n) is 17.8. The van der Waals surface area contributed by atoms with E-state index in [-0.39, 0.29) is 12.7 Å². The second-order valence-electron chi connectivity index (χ2n) is 12.5. The van der Waals surface area contributed by atoms with Gasteiger partial charge in [0.1, 0.15) is 30.5 Å². The van der Waals surface area contributed by atoms with E-state index in [1.807, 2.05) is 26.0 Å². The normalized spacial score (nSPS) is 14.5. The molecule has 4 heterocycles. The van der Waals surface area contributed by atoms with Crippen LogP contribution in [0.4, 0.5) is 16.4 Å². The first-order valence-corrected chi connectivity index (χ1v) is 17.8. The molecule has 2 aliphatic rings. The lowest BCUT2D eigenvalue weighted by Crippen LogP contribution is -2.40. The minimum absolute atomic E-state index is 0.199. The number of nitrogens with two attached hydrogens (primary N) is 2. The average molecular weight is 733 g/mol. The topological polar surface area (TPSA) is 209 Å². The monoisotopic (exact) mass is 732 g/mol. The summed E-state index contributed by atoms with van der Waals surface area (Å²) in [6.45, 7) is 9.83. The largest absolute Gasteiger partial charge is 0.491 e. The minimum Gasteiger partial charge on any atom is -0.491 e. The van der Waals surface area contributed by atoms with Crippen LogP contribution in [0, 0.1) is 0 Å². The van der Waals surface area contributed by atoms with Gasteiger partial charge in [0.15, 0.2) is 5.82 Å². The number of amides is 2. The molecule has 4 aromatic rings. The third-order valence-electron chi connectivity index (χ3n) is 9.22. The van der Waals surface area contributed by atoms with Gasteiger partial charge in [-0.2, -0.15) is 0 Å². The molecule has 0 atom stereocenters. The second kappa shape index (κ2) is 19.9. The first-order chi connectivity index (χ1) is 25.8. The van der Waals surface area contributed by atoms with Crippen LogP contribution < -0.4 is 21.5 Å². The number of primary amides is 1. The van der Waals surface area contributed by atoms with Crippen molar-refractivity contribution in [3.63, 3.8) is 0 Å². The number of anilines is 2. The lowest BCUT2D eigenvalue weighted by atomic mass is 9.95. The number of hydrogen-bond acceptors (Lipinski definition) is 12. The van der Waals surface area contributed by atoms with Gasteiger partial charge in [0.25, 0.3) is 0 Å². The highest BCUT2D eigenvalue weighted by Gasteiger charge is 2.30. The minimum atomic E-state index is -0.514. The predicted octanol–water partition coefficient (Wildman–Crippen LogP) is 3.54. The van der Waals surface area contributed by atoms with Gasteiger partial charge in [0.2, 0.25) is 11.9 Å². The van der Waals surface area contributed by atoms with Crippen molar-refractivity contribution in [2.75, 3.05) is 58.0 Å². The molecule has 53 heavy (non-hydrogen) atoms. The van der Waals surface area contributed by atoms with Crippen LogP contribution in [-0.2, 0) is 35.8 Å². The van der Waals surface area contributed by atoms with E-state index < -0.39 is 5.91 Å². The fourth-order valence-electron chi connectivity index (χ4n) is 6.57. The summed E-state index contributed by atoms with van der Waals surface area (Å²) in [6.07, 6.45) is 7.62. The molecule has 0 bridgehead atoms. The molecule has 2 aromatic heterocycles. The Morgan fingerprint density at radius 3 is 2.47 bits per heavy atom. The van der Waals surface area contributed by atoms with Crippen LogP contribution in [-0.4, -0.2) is 105 Å². The zero-order valence-corrected chi connectivity index (χ0v) is 30.9. The summed E-state index contributed by atoms with van der Waals surface area (Å²) in [6, 6.07) is 10.7. The molecule has 0 aliphatic carbocycles. The number of carbonyl (C=O) groups is 3. The van der Waals surface area contributed by atoms with E-state index in [1.54, 1.807) is 29.2 Å². The van der Waals surface area contributed by atoms with Crippen LogP contribution in [0.1, 0.15) is 66.1 Å². The smallest absolute Gasteiger partial charge is 0.410 e. The Balaban J connectivity index is 0.00000152. The summed E-state index contributed by atoms with van der Waals surface area (Å²) in [7, 11) is 2.83. The standard InChI is InChI=1S/C35H46N10O4.CH4O.CH2O/c1-3-4-5-14-45-31-28(39-34(45)38-2)20-26(32(37)46)21-29(31)48-19-6-13-42-15-11-25(12-16-42)33-41-40-30-22-43(17-18-44(30)33)35(47)49-23-24-7-9-27(36)10-8-24;2*1-2/h4-5,7-10,20-21,25H,3,6,11-19,22-23,36H2,1-2H3,(H2,37,46)(H,38,39);2H,1H3;1H2/b5-4+;;. The number of fused-ring (bicyclic) bond motifs is 2. The molecule has 2 amide bonds. The van der Waals surface area contributed by atoms with E-state index in [2.05, 4.69) is 53.6 Å². The number of nitrogen functional groups attached to an aromatic ring is 1. The quantitative estimate of drug-likeness (QED) is 0.0884. The molecular formula is C37H52N10O6. The molecule has 2 aliphatic heterocycles. The number of nitrogens with one attached hydrogen (secondary N) is 1.